The molecule has 8 heteroatoms. The Balaban J connectivity index is 3.00. The lowest BCUT2D eigenvalue weighted by atomic mass is 10.4. The van der Waals surface area contributed by atoms with Crippen molar-refractivity contribution in [1.82, 2.24) is 9.88 Å². The van der Waals surface area contributed by atoms with Crippen molar-refractivity contribution >= 4 is 40.5 Å². The van der Waals surface area contributed by atoms with Crippen LogP contribution in [0.1, 0.15) is 0 Å². The molecular weight excluding hydrogens is 310 g/mol. The van der Waals surface area contributed by atoms with Crippen LogP contribution in [0.5, 0.6) is 0 Å². The van der Waals surface area contributed by atoms with Gasteiger partial charge in [0.2, 0.25) is 0 Å². The first-order chi connectivity index (χ1) is 7.97. The van der Waals surface area contributed by atoms with Crippen molar-refractivity contribution in [2.75, 3.05) is 17.5 Å². The molecule has 0 saturated carbocycles. The number of urea groups is 1. The molecule has 0 aliphatic carbocycles. The van der Waals surface area contributed by atoms with Crippen LogP contribution in [0.4, 0.5) is 10.5 Å². The van der Waals surface area contributed by atoms with E-state index in [0.717, 1.165) is 4.31 Å². The van der Waals surface area contributed by atoms with Gasteiger partial charge in [0.25, 0.3) is 5.56 Å². The van der Waals surface area contributed by atoms with Gasteiger partial charge in [-0.25, -0.2) is 9.10 Å². The van der Waals surface area contributed by atoms with Gasteiger partial charge in [0, 0.05) is 24.3 Å². The van der Waals surface area contributed by atoms with E-state index in [9.17, 15) is 9.59 Å². The molecule has 1 aromatic heterocycles. The predicted octanol–water partition coefficient (Wildman–Crippen LogP) is 0.501. The maximum absolute atomic E-state index is 11.8. The summed E-state index contributed by atoms with van der Waals surface area (Å²) in [6.07, 6.45) is 1.58. The van der Waals surface area contributed by atoms with Crippen LogP contribution in [0.3, 0.4) is 0 Å². The van der Waals surface area contributed by atoms with Gasteiger partial charge in [-0.3, -0.25) is 4.79 Å². The second kappa shape index (κ2) is 6.08. The highest BCUT2D eigenvalue weighted by molar-refractivity contribution is 9.10. The van der Waals surface area contributed by atoms with Crippen LogP contribution in [0.2, 0.25) is 0 Å². The number of hydrogen-bond acceptors (Lipinski definition) is 4. The van der Waals surface area contributed by atoms with Gasteiger partial charge in [-0.05, 0) is 22.0 Å². The van der Waals surface area contributed by atoms with Crippen LogP contribution in [-0.4, -0.2) is 28.9 Å². The largest absolute Gasteiger partial charge is 0.395 e. The molecule has 1 heterocycles. The molecule has 1 rings (SSSR count). The Bertz CT molecular complexity index is 477. The number of aryl methyl sites for hydroxylation is 1. The summed E-state index contributed by atoms with van der Waals surface area (Å²) in [7, 11) is 1.57. The van der Waals surface area contributed by atoms with Crippen LogP contribution < -0.4 is 15.2 Å². The van der Waals surface area contributed by atoms with E-state index in [0.29, 0.717) is 4.47 Å². The average molecular weight is 322 g/mol. The number of rotatable bonds is 3. The van der Waals surface area contributed by atoms with Crippen molar-refractivity contribution in [2.24, 2.45) is 7.05 Å². The highest BCUT2D eigenvalue weighted by Gasteiger charge is 2.16. The molecule has 0 atom stereocenters. The average Bonchev–Trinajstić information content (AvgIpc) is 2.29. The second-order valence-corrected chi connectivity index (χ2v) is 4.54. The minimum Gasteiger partial charge on any atom is -0.395 e. The first-order valence-corrected chi connectivity index (χ1v) is 5.90. The summed E-state index contributed by atoms with van der Waals surface area (Å²) in [5.41, 5.74) is -0.219. The Morgan fingerprint density at radius 1 is 1.71 bits per heavy atom. The number of aromatic nitrogens is 1. The van der Waals surface area contributed by atoms with E-state index in [1.165, 1.54) is 10.6 Å². The van der Waals surface area contributed by atoms with Gasteiger partial charge in [0.1, 0.15) is 5.69 Å². The zero-order valence-electron chi connectivity index (χ0n) is 9.05. The van der Waals surface area contributed by atoms with Gasteiger partial charge in [-0.1, -0.05) is 12.8 Å². The van der Waals surface area contributed by atoms with Crippen molar-refractivity contribution < 1.29 is 9.90 Å². The fourth-order valence-corrected chi connectivity index (χ4v) is 1.89. The lowest BCUT2D eigenvalue weighted by Gasteiger charge is -2.16. The van der Waals surface area contributed by atoms with Gasteiger partial charge in [-0.15, -0.1) is 0 Å². The van der Waals surface area contributed by atoms with Crippen molar-refractivity contribution in [3.63, 3.8) is 0 Å². The molecule has 0 aromatic carbocycles. The summed E-state index contributed by atoms with van der Waals surface area (Å²) in [4.78, 5) is 23.3. The quantitative estimate of drug-likeness (QED) is 0.710. The smallest absolute Gasteiger partial charge is 0.332 e. The zero-order valence-corrected chi connectivity index (χ0v) is 11.5. The topological polar surface area (TPSA) is 74.6 Å². The fraction of sp³-hybridized carbons (Fsp3) is 0.333. The first-order valence-electron chi connectivity index (χ1n) is 4.71. The van der Waals surface area contributed by atoms with Gasteiger partial charge in [-0.2, -0.15) is 0 Å². The van der Waals surface area contributed by atoms with E-state index in [2.05, 4.69) is 34.1 Å². The Morgan fingerprint density at radius 3 is 2.94 bits per heavy atom. The number of hydrogen-bond donors (Lipinski definition) is 3. The summed E-state index contributed by atoms with van der Waals surface area (Å²) in [5.74, 6) is 0. The molecule has 0 saturated heterocycles. The van der Waals surface area contributed by atoms with E-state index >= 15 is 0 Å². The number of nitrogens with one attached hydrogen (secondary N) is 1. The molecule has 0 radical (unpaired) electrons. The number of pyridine rings is 1. The van der Waals surface area contributed by atoms with Crippen molar-refractivity contribution in [3.05, 3.63) is 27.1 Å². The van der Waals surface area contributed by atoms with Crippen LogP contribution in [-0.2, 0) is 7.05 Å². The van der Waals surface area contributed by atoms with Crippen LogP contribution in [0, 0.1) is 0 Å². The number of anilines is 1. The molecule has 6 nitrogen and oxygen atoms in total. The molecule has 0 fully saturated rings. The lowest BCUT2D eigenvalue weighted by Crippen LogP contribution is -2.38. The molecule has 2 N–H and O–H groups in total. The molecule has 0 bridgehead atoms. The highest BCUT2D eigenvalue weighted by Crippen LogP contribution is 2.16. The lowest BCUT2D eigenvalue weighted by molar-refractivity contribution is 0.242. The highest BCUT2D eigenvalue weighted by atomic mass is 79.9. The first kappa shape index (κ1) is 14.1. The fourth-order valence-electron chi connectivity index (χ4n) is 1.15. The normalized spacial score (nSPS) is 10.1. The van der Waals surface area contributed by atoms with E-state index < -0.39 is 6.03 Å². The Morgan fingerprint density at radius 2 is 2.35 bits per heavy atom. The van der Waals surface area contributed by atoms with Gasteiger partial charge in [0.15, 0.2) is 0 Å². The minimum absolute atomic E-state index is 0.101. The predicted molar refractivity (Wildman–Crippen MR) is 71.3 cm³/mol. The SMILES string of the molecule is Cn1cc(Br)cc(N(S)C(=O)NCCO)c1=O. The van der Waals surface area contributed by atoms with Crippen molar-refractivity contribution in [2.45, 2.75) is 0 Å². The summed E-state index contributed by atoms with van der Waals surface area (Å²) in [6, 6.07) is 0.922. The molecule has 17 heavy (non-hydrogen) atoms. The van der Waals surface area contributed by atoms with E-state index in [-0.39, 0.29) is 24.4 Å². The number of nitrogens with zero attached hydrogens (tertiary/aromatic N) is 2. The third-order valence-electron chi connectivity index (χ3n) is 1.94. The molecule has 0 unspecified atom stereocenters. The standard InChI is InChI=1S/C9H12BrN3O3S/c1-12-5-6(10)4-7(8(12)15)13(17)9(16)11-2-3-14/h4-5,14,17H,2-3H2,1H3,(H,11,16). The summed E-state index contributed by atoms with van der Waals surface area (Å²) >= 11 is 7.18. The van der Waals surface area contributed by atoms with Crippen molar-refractivity contribution in [1.29, 1.82) is 0 Å². The van der Waals surface area contributed by atoms with Crippen LogP contribution in [0.15, 0.2) is 21.5 Å². The molecule has 2 amide bonds. The molecule has 0 aliphatic rings. The summed E-state index contributed by atoms with van der Waals surface area (Å²) < 4.78 is 2.90. The Labute approximate surface area is 112 Å². The minimum atomic E-state index is -0.572. The van der Waals surface area contributed by atoms with Gasteiger partial charge >= 0.3 is 6.03 Å². The molecule has 0 aliphatic heterocycles. The molecule has 94 valence electrons. The number of carbonyl (C=O) groups excluding carboxylic acids is 1. The molecule has 1 aromatic rings. The zero-order chi connectivity index (χ0) is 13.0. The van der Waals surface area contributed by atoms with Gasteiger partial charge in [0.05, 0.1) is 6.61 Å². The van der Waals surface area contributed by atoms with Crippen LogP contribution in [0.25, 0.3) is 0 Å². The number of thiol groups is 1. The molecular formula is C9H12BrN3O3S. The number of amides is 2. The number of aliphatic hydroxyl groups is 1. The maximum atomic E-state index is 11.8. The summed E-state index contributed by atoms with van der Waals surface area (Å²) in [6.45, 7) is -0.0753. The van der Waals surface area contributed by atoms with Gasteiger partial charge < -0.3 is 15.0 Å². The molecule has 0 spiro atoms. The van der Waals surface area contributed by atoms with E-state index in [1.807, 2.05) is 0 Å². The summed E-state index contributed by atoms with van der Waals surface area (Å²) in [5, 5.41) is 11.0. The monoisotopic (exact) mass is 321 g/mol. The third-order valence-corrected chi connectivity index (χ3v) is 2.77. The van der Waals surface area contributed by atoms with E-state index in [4.69, 9.17) is 5.11 Å². The maximum Gasteiger partial charge on any atom is 0.332 e. The number of carbonyl (C=O) groups is 1. The van der Waals surface area contributed by atoms with Crippen LogP contribution >= 0.6 is 28.7 Å². The second-order valence-electron chi connectivity index (χ2n) is 3.23. The number of halogens is 1. The Hall–Kier alpha value is -0.990. The Kier molecular flexibility index (Phi) is 5.03. The number of aliphatic hydroxyl groups excluding tert-OH is 1. The third kappa shape index (κ3) is 3.48. The van der Waals surface area contributed by atoms with Crippen molar-refractivity contribution in [3.8, 4) is 0 Å². The van der Waals surface area contributed by atoms with E-state index in [1.54, 1.807) is 13.2 Å².